The van der Waals surface area contributed by atoms with Crippen LogP contribution >= 0.6 is 0 Å². The summed E-state index contributed by atoms with van der Waals surface area (Å²) in [5.41, 5.74) is 0.500. The first-order chi connectivity index (χ1) is 14.3. The lowest BCUT2D eigenvalue weighted by molar-refractivity contribution is -0.0664. The molecule has 0 aromatic heterocycles. The Labute approximate surface area is 191 Å². The van der Waals surface area contributed by atoms with Gasteiger partial charge in [-0.15, -0.1) is 0 Å². The molecule has 0 bridgehead atoms. The standard InChI is InChI=1S/C23H40.C5H12.C2H6/c1-3-7-16(2)18-10-6-11-20-21(18)14-15-22-19-9-5-4-8-17(19)12-13-23(20)22;1-5(2,3)4;1-2/h16-23H,3-15H2,1-2H3;1-4H3;1-2H3. The van der Waals surface area contributed by atoms with Gasteiger partial charge in [-0.1, -0.05) is 93.9 Å². The average molecular weight is 419 g/mol. The Morgan fingerprint density at radius 3 is 1.80 bits per heavy atom. The fraction of sp³-hybridized carbons (Fsp3) is 1.00. The second-order valence-electron chi connectivity index (χ2n) is 12.9. The number of hydrogen-bond acceptors (Lipinski definition) is 0. The first-order valence-corrected chi connectivity index (χ1v) is 14.3. The molecule has 4 aliphatic rings. The smallest absolute Gasteiger partial charge is 0.0352 e. The Hall–Kier alpha value is 0. The van der Waals surface area contributed by atoms with Gasteiger partial charge in [-0.2, -0.15) is 0 Å². The predicted molar refractivity (Wildman–Crippen MR) is 136 cm³/mol. The van der Waals surface area contributed by atoms with Crippen LogP contribution in [0.1, 0.15) is 139 Å². The first kappa shape index (κ1) is 26.3. The van der Waals surface area contributed by atoms with Crippen molar-refractivity contribution in [1.29, 1.82) is 0 Å². The van der Waals surface area contributed by atoms with E-state index in [-0.39, 0.29) is 0 Å². The Balaban J connectivity index is 0.000000404. The molecule has 0 radical (unpaired) electrons. The van der Waals surface area contributed by atoms with E-state index in [2.05, 4.69) is 41.5 Å². The van der Waals surface area contributed by atoms with Gasteiger partial charge in [-0.25, -0.2) is 0 Å². The second kappa shape index (κ2) is 12.3. The third-order valence-electron chi connectivity index (χ3n) is 8.97. The van der Waals surface area contributed by atoms with E-state index in [0.717, 1.165) is 47.3 Å². The third kappa shape index (κ3) is 7.00. The third-order valence-corrected chi connectivity index (χ3v) is 8.97. The largest absolute Gasteiger partial charge is 0.0683 e. The summed E-state index contributed by atoms with van der Waals surface area (Å²) in [4.78, 5) is 0. The molecule has 0 spiro atoms. The van der Waals surface area contributed by atoms with Crippen LogP contribution in [-0.4, -0.2) is 0 Å². The summed E-state index contributed by atoms with van der Waals surface area (Å²) in [7, 11) is 0. The number of hydrogen-bond donors (Lipinski definition) is 0. The molecule has 8 atom stereocenters. The van der Waals surface area contributed by atoms with Gasteiger partial charge < -0.3 is 0 Å². The molecule has 0 N–H and O–H groups in total. The van der Waals surface area contributed by atoms with Gasteiger partial charge in [-0.05, 0) is 97.7 Å². The highest BCUT2D eigenvalue weighted by Gasteiger charge is 2.50. The molecule has 0 saturated heterocycles. The molecule has 0 aromatic rings. The molecule has 0 amide bonds. The average Bonchev–Trinajstić information content (AvgIpc) is 2.73. The maximum atomic E-state index is 2.58. The van der Waals surface area contributed by atoms with Crippen LogP contribution in [0.5, 0.6) is 0 Å². The molecule has 0 aromatic carbocycles. The van der Waals surface area contributed by atoms with Crippen molar-refractivity contribution in [3.63, 3.8) is 0 Å². The minimum atomic E-state index is 0.500. The highest BCUT2D eigenvalue weighted by Crippen LogP contribution is 2.59. The van der Waals surface area contributed by atoms with Gasteiger partial charge in [0.05, 0.1) is 0 Å². The molecule has 0 heteroatoms. The number of rotatable bonds is 3. The van der Waals surface area contributed by atoms with Gasteiger partial charge in [0.25, 0.3) is 0 Å². The van der Waals surface area contributed by atoms with E-state index >= 15 is 0 Å². The van der Waals surface area contributed by atoms with Crippen molar-refractivity contribution in [2.45, 2.75) is 139 Å². The molecule has 4 fully saturated rings. The summed E-state index contributed by atoms with van der Waals surface area (Å²) >= 11 is 0. The van der Waals surface area contributed by atoms with Crippen molar-refractivity contribution < 1.29 is 0 Å². The van der Waals surface area contributed by atoms with Crippen LogP contribution in [0, 0.1) is 52.8 Å². The maximum Gasteiger partial charge on any atom is -0.0352 e. The van der Waals surface area contributed by atoms with Gasteiger partial charge in [-0.3, -0.25) is 0 Å². The van der Waals surface area contributed by atoms with Crippen LogP contribution in [0.15, 0.2) is 0 Å². The van der Waals surface area contributed by atoms with E-state index in [0.29, 0.717) is 5.41 Å². The highest BCUT2D eigenvalue weighted by molar-refractivity contribution is 4.99. The summed E-state index contributed by atoms with van der Waals surface area (Å²) in [6, 6.07) is 0. The maximum absolute atomic E-state index is 2.58. The molecule has 0 aliphatic heterocycles. The van der Waals surface area contributed by atoms with Crippen molar-refractivity contribution in [1.82, 2.24) is 0 Å². The summed E-state index contributed by atoms with van der Waals surface area (Å²) in [5, 5.41) is 0. The van der Waals surface area contributed by atoms with E-state index in [4.69, 9.17) is 0 Å². The molecule has 0 heterocycles. The first-order valence-electron chi connectivity index (χ1n) is 14.3. The fourth-order valence-corrected chi connectivity index (χ4v) is 8.11. The molecular weight excluding hydrogens is 360 g/mol. The van der Waals surface area contributed by atoms with E-state index in [1.54, 1.807) is 70.6 Å². The normalized spacial score (nSPS) is 39.0. The quantitative estimate of drug-likeness (QED) is 0.427. The van der Waals surface area contributed by atoms with Crippen molar-refractivity contribution in [2.75, 3.05) is 0 Å². The van der Waals surface area contributed by atoms with Crippen molar-refractivity contribution in [3.05, 3.63) is 0 Å². The molecular formula is C30H58. The van der Waals surface area contributed by atoms with Crippen LogP contribution in [0.25, 0.3) is 0 Å². The van der Waals surface area contributed by atoms with Gasteiger partial charge in [0.1, 0.15) is 0 Å². The Morgan fingerprint density at radius 2 is 1.13 bits per heavy atom. The minimum absolute atomic E-state index is 0.500. The predicted octanol–water partition coefficient (Wildman–Crippen LogP) is 10.2. The van der Waals surface area contributed by atoms with Crippen LogP contribution in [0.4, 0.5) is 0 Å². The molecule has 30 heavy (non-hydrogen) atoms. The lowest BCUT2D eigenvalue weighted by Crippen LogP contribution is -2.48. The van der Waals surface area contributed by atoms with Gasteiger partial charge in [0, 0.05) is 0 Å². The Morgan fingerprint density at radius 1 is 0.633 bits per heavy atom. The van der Waals surface area contributed by atoms with Gasteiger partial charge in [0.2, 0.25) is 0 Å². The van der Waals surface area contributed by atoms with Crippen LogP contribution in [0.2, 0.25) is 0 Å². The van der Waals surface area contributed by atoms with Gasteiger partial charge >= 0.3 is 0 Å². The molecule has 4 saturated carbocycles. The highest BCUT2D eigenvalue weighted by atomic mass is 14.5. The molecule has 0 nitrogen and oxygen atoms in total. The van der Waals surface area contributed by atoms with Crippen molar-refractivity contribution >= 4 is 0 Å². The minimum Gasteiger partial charge on any atom is -0.0683 e. The lowest BCUT2D eigenvalue weighted by Gasteiger charge is -2.56. The second-order valence-corrected chi connectivity index (χ2v) is 12.9. The summed E-state index contributed by atoms with van der Waals surface area (Å²) < 4.78 is 0. The Kier molecular flexibility index (Phi) is 10.8. The summed E-state index contributed by atoms with van der Waals surface area (Å²) in [6.45, 7) is 17.7. The van der Waals surface area contributed by atoms with Crippen LogP contribution < -0.4 is 0 Å². The molecule has 4 rings (SSSR count). The molecule has 4 aliphatic carbocycles. The zero-order valence-electron chi connectivity index (χ0n) is 22.3. The summed E-state index contributed by atoms with van der Waals surface area (Å²) in [5.74, 6) is 8.91. The van der Waals surface area contributed by atoms with Crippen LogP contribution in [0.3, 0.4) is 0 Å². The number of fused-ring (bicyclic) bond motifs is 5. The Bertz CT molecular complexity index is 451. The lowest BCUT2D eigenvalue weighted by atomic mass is 9.49. The zero-order chi connectivity index (χ0) is 22.3. The van der Waals surface area contributed by atoms with Crippen molar-refractivity contribution in [3.8, 4) is 0 Å². The molecule has 178 valence electrons. The SMILES string of the molecule is CC.CC(C)(C)C.CCCC(C)C1CCCC2C1CCC1C3CCCCC3CCC12. The van der Waals surface area contributed by atoms with E-state index in [1.165, 1.54) is 12.8 Å². The monoisotopic (exact) mass is 418 g/mol. The van der Waals surface area contributed by atoms with E-state index in [1.807, 2.05) is 13.8 Å². The topological polar surface area (TPSA) is 0 Å². The zero-order valence-corrected chi connectivity index (χ0v) is 22.3. The van der Waals surface area contributed by atoms with E-state index < -0.39 is 0 Å². The van der Waals surface area contributed by atoms with Crippen LogP contribution in [-0.2, 0) is 0 Å². The van der Waals surface area contributed by atoms with Crippen molar-refractivity contribution in [2.24, 2.45) is 52.8 Å². The molecule has 8 unspecified atom stereocenters. The fourth-order valence-electron chi connectivity index (χ4n) is 8.11. The van der Waals surface area contributed by atoms with E-state index in [9.17, 15) is 0 Å². The summed E-state index contributed by atoms with van der Waals surface area (Å²) in [6.07, 6.45) is 20.3. The van der Waals surface area contributed by atoms with Gasteiger partial charge in [0.15, 0.2) is 0 Å².